The van der Waals surface area contributed by atoms with Crippen LogP contribution in [0.4, 0.5) is 11.6 Å². The highest BCUT2D eigenvalue weighted by Gasteiger charge is 2.30. The molecule has 0 spiro atoms. The van der Waals surface area contributed by atoms with Crippen molar-refractivity contribution in [2.75, 3.05) is 22.9 Å². The van der Waals surface area contributed by atoms with E-state index in [-0.39, 0.29) is 0 Å². The lowest BCUT2D eigenvalue weighted by molar-refractivity contribution is 0.707. The molecular weight excluding hydrogens is 755 g/mol. The molecule has 4 aromatic rings. The molecule has 4 heterocycles. The third-order valence-electron chi connectivity index (χ3n) is 7.43. The number of aromatic nitrogens is 4. The summed E-state index contributed by atoms with van der Waals surface area (Å²) in [6, 6.07) is 18.1. The van der Waals surface area contributed by atoms with Crippen molar-refractivity contribution in [1.29, 1.82) is 0 Å². The molecular formula is C30H29Br3Cl2N6. The van der Waals surface area contributed by atoms with Crippen LogP contribution >= 0.6 is 71.0 Å². The molecule has 0 saturated carbocycles. The van der Waals surface area contributed by atoms with E-state index in [0.29, 0.717) is 31.6 Å². The Hall–Kier alpha value is -1.78. The van der Waals surface area contributed by atoms with Gasteiger partial charge in [-0.2, -0.15) is 0 Å². The Morgan fingerprint density at radius 2 is 1.17 bits per heavy atom. The fourth-order valence-corrected chi connectivity index (χ4v) is 6.81. The molecule has 0 amide bonds. The predicted molar refractivity (Wildman–Crippen MR) is 178 cm³/mol. The van der Waals surface area contributed by atoms with E-state index >= 15 is 0 Å². The number of rotatable bonds is 4. The zero-order valence-electron chi connectivity index (χ0n) is 22.7. The molecule has 214 valence electrons. The van der Waals surface area contributed by atoms with E-state index in [2.05, 4.69) is 140 Å². The highest BCUT2D eigenvalue weighted by molar-refractivity contribution is 9.11. The molecule has 0 bridgehead atoms. The molecule has 2 atom stereocenters. The Balaban J connectivity index is 0.000000165. The van der Waals surface area contributed by atoms with E-state index in [1.807, 2.05) is 0 Å². The Labute approximate surface area is 276 Å². The van der Waals surface area contributed by atoms with Crippen molar-refractivity contribution in [3.05, 3.63) is 101 Å². The molecule has 2 aliphatic rings. The number of halogens is 5. The average molecular weight is 784 g/mol. The van der Waals surface area contributed by atoms with Crippen molar-refractivity contribution in [3.8, 4) is 0 Å². The number of benzene rings is 2. The summed E-state index contributed by atoms with van der Waals surface area (Å²) in [5, 5.41) is 0.805. The maximum absolute atomic E-state index is 6.11. The Morgan fingerprint density at radius 3 is 1.73 bits per heavy atom. The summed E-state index contributed by atoms with van der Waals surface area (Å²) < 4.78 is 1.87. The quantitative estimate of drug-likeness (QED) is 0.206. The van der Waals surface area contributed by atoms with E-state index in [1.165, 1.54) is 22.3 Å². The molecule has 0 radical (unpaired) electrons. The number of hydrogen-bond donors (Lipinski definition) is 0. The van der Waals surface area contributed by atoms with Crippen molar-refractivity contribution < 1.29 is 0 Å². The van der Waals surface area contributed by atoms with Crippen LogP contribution in [-0.2, 0) is 0 Å². The summed E-state index contributed by atoms with van der Waals surface area (Å²) in [6.45, 7) is 6.16. The molecule has 2 aromatic heterocycles. The minimum atomic E-state index is 0.327. The number of hydrogen-bond acceptors (Lipinski definition) is 6. The van der Waals surface area contributed by atoms with Crippen LogP contribution in [0.1, 0.15) is 60.0 Å². The topological polar surface area (TPSA) is 58.0 Å². The highest BCUT2D eigenvalue weighted by Crippen LogP contribution is 2.39. The number of anilines is 2. The van der Waals surface area contributed by atoms with Gasteiger partial charge in [0.1, 0.15) is 19.6 Å². The molecule has 2 saturated heterocycles. The standard InChI is InChI=1S/C15H14Br2ClN3.C15H15BrClN3/c1-9-4-6-10(7-5-9)11-3-2-8-21(11)15-13(17)19-12(16)14(18)20-15;1-10-4-6-11(7-5-10)12-3-2-8-20(12)13-9-18-14(16)15(17)19-13/h4-7,11H,2-3,8H2,1H3;4-7,9,12H,2-3,8H2,1H3. The molecule has 6 rings (SSSR count). The Bertz CT molecular complexity index is 1500. The van der Waals surface area contributed by atoms with Gasteiger partial charge in [0.05, 0.1) is 18.3 Å². The molecule has 2 fully saturated rings. The predicted octanol–water partition coefficient (Wildman–Crippen LogP) is 9.85. The van der Waals surface area contributed by atoms with Crippen molar-refractivity contribution in [1.82, 2.24) is 19.9 Å². The monoisotopic (exact) mass is 780 g/mol. The fourth-order valence-electron chi connectivity index (χ4n) is 5.36. The van der Waals surface area contributed by atoms with Crippen LogP contribution in [0, 0.1) is 13.8 Å². The van der Waals surface area contributed by atoms with Crippen LogP contribution in [0.5, 0.6) is 0 Å². The van der Waals surface area contributed by atoms with E-state index in [4.69, 9.17) is 23.2 Å². The van der Waals surface area contributed by atoms with E-state index in [9.17, 15) is 0 Å². The first-order valence-electron chi connectivity index (χ1n) is 13.4. The third-order valence-corrected chi connectivity index (χ3v) is 10.1. The van der Waals surface area contributed by atoms with Gasteiger partial charge in [-0.1, -0.05) is 82.9 Å². The van der Waals surface area contributed by atoms with Gasteiger partial charge in [0.15, 0.2) is 16.1 Å². The van der Waals surface area contributed by atoms with Gasteiger partial charge in [0.2, 0.25) is 0 Å². The zero-order valence-corrected chi connectivity index (χ0v) is 28.9. The lowest BCUT2D eigenvalue weighted by atomic mass is 10.0. The van der Waals surface area contributed by atoms with Gasteiger partial charge in [0.25, 0.3) is 0 Å². The molecule has 2 unspecified atom stereocenters. The molecule has 2 aliphatic heterocycles. The maximum atomic E-state index is 6.11. The maximum Gasteiger partial charge on any atom is 0.164 e. The zero-order chi connectivity index (χ0) is 29.1. The summed E-state index contributed by atoms with van der Waals surface area (Å²) in [5.74, 6) is 1.66. The first-order valence-corrected chi connectivity index (χ1v) is 16.6. The van der Waals surface area contributed by atoms with Crippen LogP contribution in [0.25, 0.3) is 0 Å². The molecule has 2 aromatic carbocycles. The lowest BCUT2D eigenvalue weighted by Crippen LogP contribution is -2.24. The smallest absolute Gasteiger partial charge is 0.164 e. The van der Waals surface area contributed by atoms with E-state index < -0.39 is 0 Å². The molecule has 6 nitrogen and oxygen atoms in total. The van der Waals surface area contributed by atoms with Gasteiger partial charge in [-0.25, -0.2) is 19.9 Å². The van der Waals surface area contributed by atoms with Crippen LogP contribution in [0.2, 0.25) is 10.3 Å². The van der Waals surface area contributed by atoms with Gasteiger partial charge >= 0.3 is 0 Å². The second-order valence-electron chi connectivity index (χ2n) is 10.3. The van der Waals surface area contributed by atoms with Gasteiger partial charge in [0, 0.05) is 13.1 Å². The minimum Gasteiger partial charge on any atom is -0.348 e. The third kappa shape index (κ3) is 7.24. The molecule has 0 N–H and O–H groups in total. The van der Waals surface area contributed by atoms with Crippen molar-refractivity contribution in [2.45, 2.75) is 51.6 Å². The minimum absolute atomic E-state index is 0.327. The summed E-state index contributed by atoms with van der Waals surface area (Å²) >= 11 is 22.3. The van der Waals surface area contributed by atoms with Gasteiger partial charge in [-0.05, 0) is 98.4 Å². The molecule has 0 aliphatic carbocycles. The Morgan fingerprint density at radius 1 is 0.659 bits per heavy atom. The Kier molecular flexibility index (Phi) is 10.2. The van der Waals surface area contributed by atoms with E-state index in [0.717, 1.165) is 55.0 Å². The molecule has 11 heteroatoms. The highest BCUT2D eigenvalue weighted by atomic mass is 79.9. The van der Waals surface area contributed by atoms with Gasteiger partial charge < -0.3 is 9.80 Å². The van der Waals surface area contributed by atoms with Crippen molar-refractivity contribution in [3.63, 3.8) is 0 Å². The first kappa shape index (κ1) is 30.7. The van der Waals surface area contributed by atoms with Crippen LogP contribution < -0.4 is 9.80 Å². The van der Waals surface area contributed by atoms with Gasteiger partial charge in [-0.15, -0.1) is 0 Å². The van der Waals surface area contributed by atoms with Crippen molar-refractivity contribution >= 4 is 82.6 Å². The SMILES string of the molecule is Cc1ccc(C2CCCN2c2cnc(Br)c(Cl)n2)cc1.Cc1ccc(C2CCCN2c2nc(Cl)c(Br)nc2Br)cc1. The fraction of sp³-hybridized carbons (Fsp3) is 0.333. The van der Waals surface area contributed by atoms with Gasteiger partial charge in [-0.3, -0.25) is 0 Å². The molecule has 41 heavy (non-hydrogen) atoms. The summed E-state index contributed by atoms with van der Waals surface area (Å²) in [5.41, 5.74) is 5.19. The number of nitrogens with zero attached hydrogens (tertiary/aromatic N) is 6. The normalized spacial score (nSPS) is 18.4. The number of aryl methyl sites for hydroxylation is 2. The van der Waals surface area contributed by atoms with Crippen LogP contribution in [0.3, 0.4) is 0 Å². The summed E-state index contributed by atoms with van der Waals surface area (Å²) in [7, 11) is 0. The van der Waals surface area contributed by atoms with Crippen LogP contribution in [0.15, 0.2) is 68.5 Å². The summed E-state index contributed by atoms with van der Waals surface area (Å²) in [4.78, 5) is 22.1. The van der Waals surface area contributed by atoms with E-state index in [1.54, 1.807) is 6.20 Å². The second-order valence-corrected chi connectivity index (χ2v) is 13.2. The average Bonchev–Trinajstić information content (AvgIpc) is 3.64. The van der Waals surface area contributed by atoms with Crippen LogP contribution in [-0.4, -0.2) is 33.0 Å². The second kappa shape index (κ2) is 13.7. The lowest BCUT2D eigenvalue weighted by Gasteiger charge is -2.27. The largest absolute Gasteiger partial charge is 0.348 e. The van der Waals surface area contributed by atoms with Crippen molar-refractivity contribution in [2.24, 2.45) is 0 Å². The summed E-state index contributed by atoms with van der Waals surface area (Å²) in [6.07, 6.45) is 6.33. The first-order chi connectivity index (χ1) is 19.7.